The van der Waals surface area contributed by atoms with Crippen LogP contribution in [-0.4, -0.2) is 25.6 Å². The van der Waals surface area contributed by atoms with E-state index in [0.717, 1.165) is 0 Å². The molecule has 0 saturated carbocycles. The quantitative estimate of drug-likeness (QED) is 0.830. The predicted octanol–water partition coefficient (Wildman–Crippen LogP) is 1.61. The van der Waals surface area contributed by atoms with E-state index in [1.165, 1.54) is 18.2 Å². The number of amides is 1. The molecule has 1 rings (SSSR count). The molecule has 19 heavy (non-hydrogen) atoms. The van der Waals surface area contributed by atoms with Gasteiger partial charge >= 0.3 is 0 Å². The SMILES string of the molecule is CC(C)(C)NC(=O)CS(=O)(=O)c1ccc(Cl)cc1N. The van der Waals surface area contributed by atoms with Crippen molar-refractivity contribution in [2.45, 2.75) is 31.2 Å². The number of carbonyl (C=O) groups excluding carboxylic acids is 1. The van der Waals surface area contributed by atoms with Crippen molar-refractivity contribution in [3.8, 4) is 0 Å². The summed E-state index contributed by atoms with van der Waals surface area (Å²) in [5.74, 6) is -1.21. The van der Waals surface area contributed by atoms with E-state index >= 15 is 0 Å². The lowest BCUT2D eigenvalue weighted by Gasteiger charge is -2.20. The highest BCUT2D eigenvalue weighted by Gasteiger charge is 2.24. The average molecular weight is 305 g/mol. The number of rotatable bonds is 3. The van der Waals surface area contributed by atoms with Crippen molar-refractivity contribution in [1.82, 2.24) is 5.32 Å². The topological polar surface area (TPSA) is 89.3 Å². The van der Waals surface area contributed by atoms with Gasteiger partial charge in [0.2, 0.25) is 5.91 Å². The molecule has 0 spiro atoms. The zero-order valence-electron chi connectivity index (χ0n) is 11.0. The number of nitrogen functional groups attached to an aromatic ring is 1. The van der Waals surface area contributed by atoms with E-state index in [-0.39, 0.29) is 10.6 Å². The molecule has 0 saturated heterocycles. The first-order valence-electron chi connectivity index (χ1n) is 5.60. The summed E-state index contributed by atoms with van der Waals surface area (Å²) in [7, 11) is -3.78. The van der Waals surface area contributed by atoms with Gasteiger partial charge < -0.3 is 11.1 Å². The summed E-state index contributed by atoms with van der Waals surface area (Å²) in [6.07, 6.45) is 0. The number of hydrogen-bond donors (Lipinski definition) is 2. The Morgan fingerprint density at radius 3 is 2.42 bits per heavy atom. The highest BCUT2D eigenvalue weighted by molar-refractivity contribution is 7.92. The number of halogens is 1. The van der Waals surface area contributed by atoms with Crippen LogP contribution in [0.4, 0.5) is 5.69 Å². The van der Waals surface area contributed by atoms with Crippen LogP contribution in [0.5, 0.6) is 0 Å². The molecule has 1 aromatic carbocycles. The molecule has 0 radical (unpaired) electrons. The molecule has 0 aliphatic heterocycles. The van der Waals surface area contributed by atoms with E-state index in [0.29, 0.717) is 5.02 Å². The molecule has 0 aromatic heterocycles. The Bertz CT molecular complexity index is 591. The van der Waals surface area contributed by atoms with Crippen molar-refractivity contribution >= 4 is 33.0 Å². The predicted molar refractivity (Wildman–Crippen MR) is 75.8 cm³/mol. The van der Waals surface area contributed by atoms with Crippen LogP contribution in [0.1, 0.15) is 20.8 Å². The van der Waals surface area contributed by atoms with Crippen LogP contribution >= 0.6 is 11.6 Å². The third-order valence-electron chi connectivity index (χ3n) is 2.14. The first-order chi connectivity index (χ1) is 8.51. The smallest absolute Gasteiger partial charge is 0.235 e. The molecule has 3 N–H and O–H groups in total. The number of carbonyl (C=O) groups is 1. The van der Waals surface area contributed by atoms with E-state index in [4.69, 9.17) is 17.3 Å². The zero-order valence-corrected chi connectivity index (χ0v) is 12.6. The van der Waals surface area contributed by atoms with Gasteiger partial charge in [0, 0.05) is 10.6 Å². The zero-order chi connectivity index (χ0) is 14.8. The molecule has 0 atom stereocenters. The standard InChI is InChI=1S/C12H17ClN2O3S/c1-12(2,3)15-11(16)7-19(17,18)10-5-4-8(13)6-9(10)14/h4-6H,7,14H2,1-3H3,(H,15,16). The number of benzene rings is 1. The fourth-order valence-corrected chi connectivity index (χ4v) is 2.95. The molecule has 0 heterocycles. The van der Waals surface area contributed by atoms with Crippen LogP contribution in [0.3, 0.4) is 0 Å². The third kappa shape index (κ3) is 4.72. The van der Waals surface area contributed by atoms with Gasteiger partial charge in [0.1, 0.15) is 5.75 Å². The van der Waals surface area contributed by atoms with Gasteiger partial charge in [-0.2, -0.15) is 0 Å². The molecule has 106 valence electrons. The minimum absolute atomic E-state index is 0.0380. The van der Waals surface area contributed by atoms with Crippen molar-refractivity contribution < 1.29 is 13.2 Å². The van der Waals surface area contributed by atoms with E-state index < -0.39 is 27.0 Å². The molecule has 1 aromatic rings. The van der Waals surface area contributed by atoms with E-state index in [2.05, 4.69) is 5.32 Å². The molecule has 5 nitrogen and oxygen atoms in total. The first-order valence-corrected chi connectivity index (χ1v) is 7.63. The lowest BCUT2D eigenvalue weighted by molar-refractivity contribution is -0.120. The van der Waals surface area contributed by atoms with Crippen molar-refractivity contribution in [2.75, 3.05) is 11.5 Å². The van der Waals surface area contributed by atoms with Gasteiger partial charge in [0.25, 0.3) is 0 Å². The normalized spacial score (nSPS) is 12.2. The third-order valence-corrected chi connectivity index (χ3v) is 4.06. The Morgan fingerprint density at radius 1 is 1.37 bits per heavy atom. The molecule has 0 unspecified atom stereocenters. The molecule has 0 bridgehead atoms. The van der Waals surface area contributed by atoms with E-state index in [9.17, 15) is 13.2 Å². The van der Waals surface area contributed by atoms with Crippen LogP contribution in [0, 0.1) is 0 Å². The number of nitrogens with two attached hydrogens (primary N) is 1. The molecule has 0 fully saturated rings. The van der Waals surface area contributed by atoms with Gasteiger partial charge in [0.05, 0.1) is 10.6 Å². The Hall–Kier alpha value is -1.27. The second kappa shape index (κ2) is 5.38. The number of sulfone groups is 1. The van der Waals surface area contributed by atoms with Crippen LogP contribution in [-0.2, 0) is 14.6 Å². The van der Waals surface area contributed by atoms with Gasteiger partial charge in [-0.15, -0.1) is 0 Å². The summed E-state index contributed by atoms with van der Waals surface area (Å²) in [5, 5.41) is 2.93. The number of hydrogen-bond acceptors (Lipinski definition) is 4. The highest BCUT2D eigenvalue weighted by Crippen LogP contribution is 2.23. The van der Waals surface area contributed by atoms with Gasteiger partial charge in [-0.1, -0.05) is 11.6 Å². The maximum Gasteiger partial charge on any atom is 0.235 e. The van der Waals surface area contributed by atoms with Crippen LogP contribution in [0.2, 0.25) is 5.02 Å². The Morgan fingerprint density at radius 2 is 1.95 bits per heavy atom. The maximum absolute atomic E-state index is 12.1. The lowest BCUT2D eigenvalue weighted by Crippen LogP contribution is -2.43. The molecule has 7 heteroatoms. The Balaban J connectivity index is 2.96. The van der Waals surface area contributed by atoms with Crippen molar-refractivity contribution in [1.29, 1.82) is 0 Å². The second-order valence-electron chi connectivity index (χ2n) is 5.24. The fourth-order valence-electron chi connectivity index (χ4n) is 1.51. The van der Waals surface area contributed by atoms with Crippen molar-refractivity contribution in [3.63, 3.8) is 0 Å². The lowest BCUT2D eigenvalue weighted by atomic mass is 10.1. The van der Waals surface area contributed by atoms with Gasteiger partial charge in [-0.3, -0.25) is 4.79 Å². The minimum atomic E-state index is -3.78. The van der Waals surface area contributed by atoms with Crippen molar-refractivity contribution in [2.24, 2.45) is 0 Å². The Labute approximate surface area is 118 Å². The molecule has 0 aliphatic carbocycles. The molecular formula is C12H17ClN2O3S. The molecule has 1 amide bonds. The summed E-state index contributed by atoms with van der Waals surface area (Å²) >= 11 is 5.71. The summed E-state index contributed by atoms with van der Waals surface area (Å²) in [6.45, 7) is 5.32. The summed E-state index contributed by atoms with van der Waals surface area (Å²) < 4.78 is 24.2. The van der Waals surface area contributed by atoms with Gasteiger partial charge in [0.15, 0.2) is 9.84 Å². The largest absolute Gasteiger partial charge is 0.398 e. The Kier molecular flexibility index (Phi) is 4.47. The van der Waals surface area contributed by atoms with Crippen molar-refractivity contribution in [3.05, 3.63) is 23.2 Å². The minimum Gasteiger partial charge on any atom is -0.398 e. The highest BCUT2D eigenvalue weighted by atomic mass is 35.5. The van der Waals surface area contributed by atoms with Crippen LogP contribution in [0.25, 0.3) is 0 Å². The summed E-state index contributed by atoms with van der Waals surface area (Å²) in [6, 6.07) is 4.07. The number of anilines is 1. The first kappa shape index (κ1) is 15.8. The van der Waals surface area contributed by atoms with Crippen LogP contribution in [0.15, 0.2) is 23.1 Å². The fraction of sp³-hybridized carbons (Fsp3) is 0.417. The van der Waals surface area contributed by atoms with Crippen LogP contribution < -0.4 is 11.1 Å². The van der Waals surface area contributed by atoms with Gasteiger partial charge in [-0.05, 0) is 39.0 Å². The molecule has 0 aliphatic rings. The second-order valence-corrected chi connectivity index (χ2v) is 7.63. The molecular weight excluding hydrogens is 288 g/mol. The van der Waals surface area contributed by atoms with Gasteiger partial charge in [-0.25, -0.2) is 8.42 Å². The number of nitrogens with one attached hydrogen (secondary N) is 1. The van der Waals surface area contributed by atoms with E-state index in [1.54, 1.807) is 20.8 Å². The maximum atomic E-state index is 12.1. The van der Waals surface area contributed by atoms with E-state index in [1.807, 2.05) is 0 Å². The average Bonchev–Trinajstić information content (AvgIpc) is 2.11. The summed E-state index contributed by atoms with van der Waals surface area (Å²) in [4.78, 5) is 11.6. The summed E-state index contributed by atoms with van der Waals surface area (Å²) in [5.41, 5.74) is 5.17. The monoisotopic (exact) mass is 304 g/mol.